The highest BCUT2D eigenvalue weighted by molar-refractivity contribution is 7.92. The number of benzene rings is 3. The Morgan fingerprint density at radius 1 is 0.931 bits per heavy atom. The Morgan fingerprint density at radius 2 is 1.62 bits per heavy atom. The molecule has 0 heterocycles. The molecule has 7 heteroatoms. The first-order valence-electron chi connectivity index (χ1n) is 8.98. The number of hydrogen-bond acceptors (Lipinski definition) is 3. The van der Waals surface area contributed by atoms with Gasteiger partial charge in [-0.3, -0.25) is 9.52 Å². The first-order valence-corrected chi connectivity index (χ1v) is 10.8. The highest BCUT2D eigenvalue weighted by Crippen LogP contribution is 2.22. The summed E-state index contributed by atoms with van der Waals surface area (Å²) in [4.78, 5) is 12.6. The van der Waals surface area contributed by atoms with Crippen LogP contribution in [0.1, 0.15) is 27.0 Å². The molecule has 150 valence electrons. The van der Waals surface area contributed by atoms with E-state index in [0.29, 0.717) is 28.4 Å². The zero-order valence-corrected chi connectivity index (χ0v) is 17.6. The third kappa shape index (κ3) is 5.16. The summed E-state index contributed by atoms with van der Waals surface area (Å²) < 4.78 is 27.6. The molecule has 1 amide bonds. The molecule has 0 saturated carbocycles. The molecule has 0 aromatic heterocycles. The van der Waals surface area contributed by atoms with Gasteiger partial charge in [0.1, 0.15) is 0 Å². The number of hydrogen-bond donors (Lipinski definition) is 2. The molecule has 0 saturated heterocycles. The van der Waals surface area contributed by atoms with Gasteiger partial charge in [-0.25, -0.2) is 8.42 Å². The van der Waals surface area contributed by atoms with E-state index in [1.807, 2.05) is 31.2 Å². The van der Waals surface area contributed by atoms with Gasteiger partial charge in [-0.2, -0.15) is 0 Å². The molecule has 3 aromatic rings. The van der Waals surface area contributed by atoms with Crippen LogP contribution in [0.3, 0.4) is 0 Å². The van der Waals surface area contributed by atoms with Crippen molar-refractivity contribution in [3.8, 4) is 0 Å². The standard InChI is InChI=1S/C22H21ClN2O3S/c1-15-5-3-4-6-18(15)14-24-22(26)17-7-12-21(16(2)13-17)25-29(27,28)20-10-8-19(23)9-11-20/h3-13,25H,14H2,1-2H3,(H,24,26). The summed E-state index contributed by atoms with van der Waals surface area (Å²) in [7, 11) is -3.75. The maximum Gasteiger partial charge on any atom is 0.261 e. The summed E-state index contributed by atoms with van der Waals surface area (Å²) in [5, 5.41) is 3.35. The van der Waals surface area contributed by atoms with Crippen molar-refractivity contribution in [3.63, 3.8) is 0 Å². The summed E-state index contributed by atoms with van der Waals surface area (Å²) in [6.07, 6.45) is 0. The van der Waals surface area contributed by atoms with E-state index in [9.17, 15) is 13.2 Å². The Morgan fingerprint density at radius 3 is 2.28 bits per heavy atom. The molecule has 0 aliphatic heterocycles. The van der Waals surface area contributed by atoms with Crippen molar-refractivity contribution in [1.82, 2.24) is 5.32 Å². The lowest BCUT2D eigenvalue weighted by molar-refractivity contribution is 0.0951. The first kappa shape index (κ1) is 20.9. The number of anilines is 1. The van der Waals surface area contributed by atoms with Gasteiger partial charge in [0, 0.05) is 17.1 Å². The third-order valence-corrected chi connectivity index (χ3v) is 6.19. The van der Waals surface area contributed by atoms with Crippen LogP contribution >= 0.6 is 11.6 Å². The SMILES string of the molecule is Cc1ccccc1CNC(=O)c1ccc(NS(=O)(=O)c2ccc(Cl)cc2)c(C)c1. The van der Waals surface area contributed by atoms with Gasteiger partial charge in [-0.05, 0) is 73.0 Å². The third-order valence-electron chi connectivity index (χ3n) is 4.56. The van der Waals surface area contributed by atoms with Crippen molar-refractivity contribution in [2.45, 2.75) is 25.3 Å². The molecule has 3 rings (SSSR count). The lowest BCUT2D eigenvalue weighted by Gasteiger charge is -2.13. The van der Waals surface area contributed by atoms with Crippen LogP contribution in [-0.4, -0.2) is 14.3 Å². The molecule has 0 fully saturated rings. The number of amides is 1. The summed E-state index contributed by atoms with van der Waals surface area (Å²) in [6.45, 7) is 4.17. The molecule has 0 aliphatic carbocycles. The minimum Gasteiger partial charge on any atom is -0.348 e. The lowest BCUT2D eigenvalue weighted by Crippen LogP contribution is -2.23. The Hall–Kier alpha value is -2.83. The molecule has 0 aliphatic rings. The van der Waals surface area contributed by atoms with Crippen molar-refractivity contribution >= 4 is 33.2 Å². The molecular formula is C22H21ClN2O3S. The molecular weight excluding hydrogens is 408 g/mol. The molecule has 3 aromatic carbocycles. The minimum absolute atomic E-state index is 0.112. The van der Waals surface area contributed by atoms with E-state index in [1.54, 1.807) is 25.1 Å². The largest absolute Gasteiger partial charge is 0.348 e. The molecule has 29 heavy (non-hydrogen) atoms. The van der Waals surface area contributed by atoms with Crippen molar-refractivity contribution < 1.29 is 13.2 Å². The molecule has 0 bridgehead atoms. The maximum absolute atomic E-state index is 12.5. The zero-order valence-electron chi connectivity index (χ0n) is 16.1. The molecule has 2 N–H and O–H groups in total. The number of carbonyl (C=O) groups is 1. The number of rotatable bonds is 6. The second-order valence-corrected chi connectivity index (χ2v) is 8.82. The van der Waals surface area contributed by atoms with Gasteiger partial charge in [0.15, 0.2) is 0 Å². The molecule has 0 radical (unpaired) electrons. The summed E-state index contributed by atoms with van der Waals surface area (Å²) in [6, 6.07) is 18.6. The van der Waals surface area contributed by atoms with Gasteiger partial charge in [0.05, 0.1) is 10.6 Å². The van der Waals surface area contributed by atoms with Crippen molar-refractivity contribution in [2.75, 3.05) is 4.72 Å². The van der Waals surface area contributed by atoms with E-state index in [0.717, 1.165) is 11.1 Å². The molecule has 0 spiro atoms. The van der Waals surface area contributed by atoms with Crippen LogP contribution in [0, 0.1) is 13.8 Å². The highest BCUT2D eigenvalue weighted by atomic mass is 35.5. The van der Waals surface area contributed by atoms with Crippen molar-refractivity contribution in [2.24, 2.45) is 0 Å². The first-order chi connectivity index (χ1) is 13.8. The van der Waals surface area contributed by atoms with Crippen LogP contribution in [0.2, 0.25) is 5.02 Å². The van der Waals surface area contributed by atoms with E-state index in [4.69, 9.17) is 11.6 Å². The normalized spacial score (nSPS) is 11.1. The maximum atomic E-state index is 12.5. The molecule has 5 nitrogen and oxygen atoms in total. The van der Waals surface area contributed by atoms with Gasteiger partial charge >= 0.3 is 0 Å². The summed E-state index contributed by atoms with van der Waals surface area (Å²) in [5.74, 6) is -0.219. The van der Waals surface area contributed by atoms with Crippen molar-refractivity contribution in [1.29, 1.82) is 0 Å². The van der Waals surface area contributed by atoms with E-state index in [2.05, 4.69) is 10.0 Å². The van der Waals surface area contributed by atoms with Gasteiger partial charge in [0.25, 0.3) is 15.9 Å². The van der Waals surface area contributed by atoms with Crippen molar-refractivity contribution in [3.05, 3.63) is 94.0 Å². The lowest BCUT2D eigenvalue weighted by atomic mass is 10.1. The van der Waals surface area contributed by atoms with Gasteiger partial charge in [-0.15, -0.1) is 0 Å². The molecule has 0 atom stereocenters. The fourth-order valence-electron chi connectivity index (χ4n) is 2.82. The topological polar surface area (TPSA) is 75.3 Å². The molecule has 0 unspecified atom stereocenters. The summed E-state index contributed by atoms with van der Waals surface area (Å²) in [5.41, 5.74) is 3.67. The number of nitrogens with one attached hydrogen (secondary N) is 2. The number of halogens is 1. The number of aryl methyl sites for hydroxylation is 2. The van der Waals surface area contributed by atoms with E-state index >= 15 is 0 Å². The van der Waals surface area contributed by atoms with Crippen LogP contribution in [0.25, 0.3) is 0 Å². The fraction of sp³-hybridized carbons (Fsp3) is 0.136. The average Bonchev–Trinajstić information content (AvgIpc) is 2.69. The van der Waals surface area contributed by atoms with Crippen LogP contribution in [0.4, 0.5) is 5.69 Å². The van der Waals surface area contributed by atoms with Crippen LogP contribution < -0.4 is 10.0 Å². The Labute approximate surface area is 175 Å². The van der Waals surface area contributed by atoms with Gasteiger partial charge < -0.3 is 5.32 Å². The monoisotopic (exact) mass is 428 g/mol. The average molecular weight is 429 g/mol. The quantitative estimate of drug-likeness (QED) is 0.598. The second-order valence-electron chi connectivity index (χ2n) is 6.70. The predicted molar refractivity (Wildman–Crippen MR) is 116 cm³/mol. The second kappa shape index (κ2) is 8.68. The summed E-state index contributed by atoms with van der Waals surface area (Å²) >= 11 is 5.81. The van der Waals surface area contributed by atoms with Crippen LogP contribution in [0.5, 0.6) is 0 Å². The fourth-order valence-corrected chi connectivity index (χ4v) is 4.08. The van der Waals surface area contributed by atoms with Gasteiger partial charge in [0.2, 0.25) is 0 Å². The Balaban J connectivity index is 1.72. The number of sulfonamides is 1. The zero-order chi connectivity index (χ0) is 21.0. The van der Waals surface area contributed by atoms with Gasteiger partial charge in [-0.1, -0.05) is 35.9 Å². The predicted octanol–water partition coefficient (Wildman–Crippen LogP) is 4.69. The van der Waals surface area contributed by atoms with E-state index in [-0.39, 0.29) is 10.8 Å². The Bertz CT molecular complexity index is 1140. The van der Waals surface area contributed by atoms with Crippen LogP contribution in [-0.2, 0) is 16.6 Å². The Kier molecular flexibility index (Phi) is 6.25. The minimum atomic E-state index is -3.75. The highest BCUT2D eigenvalue weighted by Gasteiger charge is 2.16. The smallest absolute Gasteiger partial charge is 0.261 e. The van der Waals surface area contributed by atoms with Crippen LogP contribution in [0.15, 0.2) is 71.6 Å². The number of carbonyl (C=O) groups excluding carboxylic acids is 1. The van der Waals surface area contributed by atoms with E-state index < -0.39 is 10.0 Å². The van der Waals surface area contributed by atoms with E-state index in [1.165, 1.54) is 24.3 Å².